The molecule has 0 radical (unpaired) electrons. The first-order valence-electron chi connectivity index (χ1n) is 5.92. The fourth-order valence-corrected chi connectivity index (χ4v) is 2.50. The van der Waals surface area contributed by atoms with Gasteiger partial charge in [0, 0.05) is 17.4 Å². The number of benzene rings is 1. The quantitative estimate of drug-likeness (QED) is 0.926. The van der Waals surface area contributed by atoms with Crippen molar-refractivity contribution in [1.29, 1.82) is 0 Å². The molecule has 98 valence electrons. The van der Waals surface area contributed by atoms with Crippen LogP contribution in [0.4, 0.5) is 4.39 Å². The molecule has 2 unspecified atom stereocenters. The Morgan fingerprint density at radius 3 is 2.94 bits per heavy atom. The lowest BCUT2D eigenvalue weighted by Crippen LogP contribution is -2.26. The average molecular weight is 316 g/mol. The van der Waals surface area contributed by atoms with Crippen molar-refractivity contribution in [3.05, 3.63) is 34.1 Å². The van der Waals surface area contributed by atoms with Gasteiger partial charge in [0.05, 0.1) is 6.10 Å². The van der Waals surface area contributed by atoms with Crippen LogP contribution in [0.1, 0.15) is 18.4 Å². The Kier molecular flexibility index (Phi) is 4.48. The van der Waals surface area contributed by atoms with Crippen LogP contribution in [0.25, 0.3) is 0 Å². The minimum absolute atomic E-state index is 0.0358. The monoisotopic (exact) mass is 315 g/mol. The van der Waals surface area contributed by atoms with Gasteiger partial charge in [-0.3, -0.25) is 4.79 Å². The number of carbonyl (C=O) groups excluding carboxylic acids is 1. The van der Waals surface area contributed by atoms with Crippen molar-refractivity contribution in [3.63, 3.8) is 0 Å². The largest absolute Gasteiger partial charge is 0.366 e. The summed E-state index contributed by atoms with van der Waals surface area (Å²) in [5.41, 5.74) is 5.89. The maximum absolute atomic E-state index is 13.5. The van der Waals surface area contributed by atoms with E-state index in [2.05, 4.69) is 15.9 Å². The summed E-state index contributed by atoms with van der Waals surface area (Å²) in [4.78, 5) is 12.0. The predicted molar refractivity (Wildman–Crippen MR) is 69.8 cm³/mol. The predicted octanol–water partition coefficient (Wildman–Crippen LogP) is 2.21. The third kappa shape index (κ3) is 3.16. The first-order valence-corrected chi connectivity index (χ1v) is 6.71. The first-order chi connectivity index (χ1) is 8.60. The second-order valence-electron chi connectivity index (χ2n) is 4.44. The summed E-state index contributed by atoms with van der Waals surface area (Å²) in [6.07, 6.45) is 1.07. The van der Waals surface area contributed by atoms with Crippen LogP contribution in [0, 0.1) is 5.82 Å². The molecule has 0 amide bonds. The third-order valence-electron chi connectivity index (χ3n) is 3.10. The molecule has 5 heteroatoms. The minimum Gasteiger partial charge on any atom is -0.366 e. The van der Waals surface area contributed by atoms with Crippen molar-refractivity contribution >= 4 is 21.7 Å². The van der Waals surface area contributed by atoms with E-state index in [1.807, 2.05) is 0 Å². The highest BCUT2D eigenvalue weighted by atomic mass is 79.9. The van der Waals surface area contributed by atoms with Crippen molar-refractivity contribution in [3.8, 4) is 0 Å². The summed E-state index contributed by atoms with van der Waals surface area (Å²) >= 11 is 3.26. The Balaban J connectivity index is 2.01. The summed E-state index contributed by atoms with van der Waals surface area (Å²) < 4.78 is 19.8. The highest BCUT2D eigenvalue weighted by Gasteiger charge is 2.29. The van der Waals surface area contributed by atoms with Crippen molar-refractivity contribution in [2.45, 2.75) is 31.5 Å². The van der Waals surface area contributed by atoms with Crippen LogP contribution in [-0.4, -0.2) is 24.5 Å². The summed E-state index contributed by atoms with van der Waals surface area (Å²) in [6, 6.07) is 4.59. The number of halogens is 2. The molecule has 1 fully saturated rings. The van der Waals surface area contributed by atoms with E-state index in [4.69, 9.17) is 10.5 Å². The summed E-state index contributed by atoms with van der Waals surface area (Å²) in [7, 11) is 0. The molecule has 2 atom stereocenters. The zero-order valence-corrected chi connectivity index (χ0v) is 11.5. The van der Waals surface area contributed by atoms with Crippen molar-refractivity contribution in [2.75, 3.05) is 6.54 Å². The molecule has 0 saturated carbocycles. The Morgan fingerprint density at radius 1 is 1.50 bits per heavy atom. The second kappa shape index (κ2) is 5.91. The molecular weight excluding hydrogens is 301 g/mol. The van der Waals surface area contributed by atoms with Crippen LogP contribution in [-0.2, 0) is 16.0 Å². The number of rotatable bonds is 4. The van der Waals surface area contributed by atoms with E-state index >= 15 is 0 Å². The van der Waals surface area contributed by atoms with Gasteiger partial charge in [-0.2, -0.15) is 0 Å². The molecule has 0 aromatic heterocycles. The zero-order valence-electron chi connectivity index (χ0n) is 9.86. The van der Waals surface area contributed by atoms with Gasteiger partial charge in [0.2, 0.25) is 0 Å². The summed E-state index contributed by atoms with van der Waals surface area (Å²) in [5, 5.41) is 0. The van der Waals surface area contributed by atoms with Gasteiger partial charge in [0.1, 0.15) is 11.9 Å². The molecule has 2 rings (SSSR count). The standard InChI is InChI=1S/C13H15BrFNO2/c14-9-1-3-11(15)8(5-9)6-12(17)13-4-2-10(7-16)18-13/h1,3,5,10,13H,2,4,6-7,16H2. The lowest BCUT2D eigenvalue weighted by molar-refractivity contribution is -0.128. The van der Waals surface area contributed by atoms with Gasteiger partial charge in [0.15, 0.2) is 5.78 Å². The zero-order chi connectivity index (χ0) is 13.1. The van der Waals surface area contributed by atoms with Gasteiger partial charge in [-0.25, -0.2) is 4.39 Å². The number of hydrogen-bond acceptors (Lipinski definition) is 3. The van der Waals surface area contributed by atoms with Gasteiger partial charge in [0.25, 0.3) is 0 Å². The van der Waals surface area contributed by atoms with E-state index in [0.29, 0.717) is 18.5 Å². The van der Waals surface area contributed by atoms with E-state index in [0.717, 1.165) is 10.9 Å². The summed E-state index contributed by atoms with van der Waals surface area (Å²) in [6.45, 7) is 0.426. The second-order valence-corrected chi connectivity index (χ2v) is 5.35. The van der Waals surface area contributed by atoms with Crippen LogP contribution in [0.2, 0.25) is 0 Å². The molecule has 3 nitrogen and oxygen atoms in total. The maximum atomic E-state index is 13.5. The Labute approximate surface area is 114 Å². The number of hydrogen-bond donors (Lipinski definition) is 1. The number of Topliss-reactive ketones (excluding diaryl/α,β-unsaturated/α-hetero) is 1. The van der Waals surface area contributed by atoms with E-state index in [9.17, 15) is 9.18 Å². The minimum atomic E-state index is -0.433. The smallest absolute Gasteiger partial charge is 0.166 e. The highest BCUT2D eigenvalue weighted by Crippen LogP contribution is 2.22. The van der Waals surface area contributed by atoms with Crippen LogP contribution in [0.3, 0.4) is 0 Å². The van der Waals surface area contributed by atoms with Gasteiger partial charge in [-0.1, -0.05) is 15.9 Å². The van der Waals surface area contributed by atoms with Crippen LogP contribution in [0.5, 0.6) is 0 Å². The first kappa shape index (κ1) is 13.6. The number of nitrogens with two attached hydrogens (primary N) is 1. The third-order valence-corrected chi connectivity index (χ3v) is 3.60. The van der Waals surface area contributed by atoms with Crippen LogP contribution in [0.15, 0.2) is 22.7 Å². The molecule has 1 aliphatic heterocycles. The van der Waals surface area contributed by atoms with E-state index < -0.39 is 6.10 Å². The fraction of sp³-hybridized carbons (Fsp3) is 0.462. The van der Waals surface area contributed by atoms with Crippen LogP contribution < -0.4 is 5.73 Å². The molecule has 1 aliphatic rings. The lowest BCUT2D eigenvalue weighted by Gasteiger charge is -2.11. The van der Waals surface area contributed by atoms with Gasteiger partial charge < -0.3 is 10.5 Å². The Hall–Kier alpha value is -0.780. The van der Waals surface area contributed by atoms with Gasteiger partial charge >= 0.3 is 0 Å². The number of carbonyl (C=O) groups is 1. The number of ether oxygens (including phenoxy) is 1. The molecule has 2 N–H and O–H groups in total. The Bertz CT molecular complexity index is 453. The van der Waals surface area contributed by atoms with Gasteiger partial charge in [-0.15, -0.1) is 0 Å². The molecule has 0 aliphatic carbocycles. The normalized spacial score (nSPS) is 23.3. The van der Waals surface area contributed by atoms with Crippen LogP contribution >= 0.6 is 15.9 Å². The molecule has 0 bridgehead atoms. The maximum Gasteiger partial charge on any atom is 0.166 e. The molecule has 0 spiro atoms. The summed E-state index contributed by atoms with van der Waals surface area (Å²) in [5.74, 6) is -0.442. The van der Waals surface area contributed by atoms with E-state index in [-0.39, 0.29) is 24.1 Å². The van der Waals surface area contributed by atoms with Crippen molar-refractivity contribution in [1.82, 2.24) is 0 Å². The molecule has 1 aromatic rings. The fourth-order valence-electron chi connectivity index (χ4n) is 2.10. The van der Waals surface area contributed by atoms with Crippen molar-refractivity contribution in [2.24, 2.45) is 5.73 Å². The molecule has 1 aromatic carbocycles. The Morgan fingerprint density at radius 2 is 2.28 bits per heavy atom. The highest BCUT2D eigenvalue weighted by molar-refractivity contribution is 9.10. The van der Waals surface area contributed by atoms with E-state index in [1.165, 1.54) is 6.07 Å². The molecular formula is C13H15BrFNO2. The van der Waals surface area contributed by atoms with Gasteiger partial charge in [-0.05, 0) is 36.6 Å². The average Bonchev–Trinajstić information content (AvgIpc) is 2.82. The van der Waals surface area contributed by atoms with Crippen molar-refractivity contribution < 1.29 is 13.9 Å². The molecule has 18 heavy (non-hydrogen) atoms. The molecule has 1 saturated heterocycles. The number of ketones is 1. The molecule has 1 heterocycles. The lowest BCUT2D eigenvalue weighted by atomic mass is 10.0. The topological polar surface area (TPSA) is 52.3 Å². The SMILES string of the molecule is NCC1CCC(C(=O)Cc2cc(Br)ccc2F)O1. The van der Waals surface area contributed by atoms with E-state index in [1.54, 1.807) is 12.1 Å².